The Hall–Kier alpha value is -1.45. The molecule has 14 heavy (non-hydrogen) atoms. The number of amides is 1. The van der Waals surface area contributed by atoms with Crippen LogP contribution in [0.4, 0.5) is 5.69 Å². The number of anilines is 1. The first-order valence-corrected chi connectivity index (χ1v) is 4.67. The molecule has 1 aromatic rings. The van der Waals surface area contributed by atoms with Crippen molar-refractivity contribution in [3.63, 3.8) is 0 Å². The van der Waals surface area contributed by atoms with Crippen LogP contribution in [0.3, 0.4) is 0 Å². The van der Waals surface area contributed by atoms with Crippen LogP contribution in [0.15, 0.2) is 18.7 Å². The summed E-state index contributed by atoms with van der Waals surface area (Å²) in [6.07, 6.45) is 4.59. The van der Waals surface area contributed by atoms with Gasteiger partial charge in [-0.25, -0.2) is 9.97 Å². The Morgan fingerprint density at radius 2 is 1.86 bits per heavy atom. The van der Waals surface area contributed by atoms with Crippen LogP contribution in [-0.2, 0) is 4.79 Å². The lowest BCUT2D eigenvalue weighted by atomic mass is 9.97. The van der Waals surface area contributed by atoms with Gasteiger partial charge < -0.3 is 5.32 Å². The summed E-state index contributed by atoms with van der Waals surface area (Å²) in [7, 11) is 0. The van der Waals surface area contributed by atoms with Crippen molar-refractivity contribution in [2.24, 2.45) is 11.8 Å². The molecule has 0 aliphatic carbocycles. The van der Waals surface area contributed by atoms with Crippen molar-refractivity contribution >= 4 is 11.6 Å². The van der Waals surface area contributed by atoms with Gasteiger partial charge in [-0.05, 0) is 5.92 Å². The van der Waals surface area contributed by atoms with E-state index in [9.17, 15) is 4.79 Å². The van der Waals surface area contributed by atoms with Crippen molar-refractivity contribution in [2.45, 2.75) is 20.8 Å². The molecule has 1 amide bonds. The third-order valence-corrected chi connectivity index (χ3v) is 2.24. The minimum absolute atomic E-state index is 0.00444. The molecule has 1 unspecified atom stereocenters. The third kappa shape index (κ3) is 2.80. The highest BCUT2D eigenvalue weighted by atomic mass is 16.1. The maximum atomic E-state index is 11.6. The van der Waals surface area contributed by atoms with Gasteiger partial charge in [0, 0.05) is 5.92 Å². The largest absolute Gasteiger partial charge is 0.323 e. The number of hydrogen-bond donors (Lipinski definition) is 1. The average Bonchev–Trinajstić information content (AvgIpc) is 2.18. The normalized spacial score (nSPS) is 12.6. The molecule has 0 aromatic carbocycles. The molecule has 0 saturated heterocycles. The van der Waals surface area contributed by atoms with E-state index in [1.54, 1.807) is 12.4 Å². The monoisotopic (exact) mass is 193 g/mol. The van der Waals surface area contributed by atoms with Gasteiger partial charge in [0.15, 0.2) is 0 Å². The standard InChI is InChI=1S/C10H15N3O/c1-7(2)8(3)10(14)13-9-4-11-6-12-5-9/h4-8H,1-3H3,(H,13,14). The molecule has 76 valence electrons. The zero-order valence-electron chi connectivity index (χ0n) is 8.69. The molecule has 0 aliphatic heterocycles. The molecule has 1 rings (SSSR count). The Balaban J connectivity index is 2.58. The number of nitrogens with one attached hydrogen (secondary N) is 1. The first kappa shape index (κ1) is 10.6. The molecule has 0 radical (unpaired) electrons. The Bertz CT molecular complexity index is 297. The second-order valence-electron chi connectivity index (χ2n) is 3.65. The quantitative estimate of drug-likeness (QED) is 0.795. The highest BCUT2D eigenvalue weighted by Crippen LogP contribution is 2.12. The van der Waals surface area contributed by atoms with Gasteiger partial charge in [0.1, 0.15) is 6.33 Å². The van der Waals surface area contributed by atoms with Gasteiger partial charge in [0.05, 0.1) is 18.1 Å². The van der Waals surface area contributed by atoms with Crippen LogP contribution < -0.4 is 5.32 Å². The first-order chi connectivity index (χ1) is 6.61. The third-order valence-electron chi connectivity index (χ3n) is 2.24. The molecular weight excluding hydrogens is 178 g/mol. The van der Waals surface area contributed by atoms with Gasteiger partial charge >= 0.3 is 0 Å². The lowest BCUT2D eigenvalue weighted by Gasteiger charge is -2.14. The summed E-state index contributed by atoms with van der Waals surface area (Å²) in [6, 6.07) is 0. The molecule has 4 heteroatoms. The molecule has 0 spiro atoms. The summed E-state index contributed by atoms with van der Waals surface area (Å²) in [5, 5.41) is 2.76. The molecule has 1 atom stereocenters. The molecule has 0 bridgehead atoms. The van der Waals surface area contributed by atoms with Crippen LogP contribution in [0.25, 0.3) is 0 Å². The maximum Gasteiger partial charge on any atom is 0.227 e. The molecular formula is C10H15N3O. The van der Waals surface area contributed by atoms with E-state index < -0.39 is 0 Å². The van der Waals surface area contributed by atoms with E-state index in [4.69, 9.17) is 0 Å². The zero-order chi connectivity index (χ0) is 10.6. The van der Waals surface area contributed by atoms with E-state index in [-0.39, 0.29) is 11.8 Å². The van der Waals surface area contributed by atoms with Crippen LogP contribution >= 0.6 is 0 Å². The summed E-state index contributed by atoms with van der Waals surface area (Å²) in [5.41, 5.74) is 0.644. The highest BCUT2D eigenvalue weighted by Gasteiger charge is 2.16. The van der Waals surface area contributed by atoms with Crippen molar-refractivity contribution in [1.29, 1.82) is 0 Å². The van der Waals surface area contributed by atoms with Gasteiger partial charge in [-0.15, -0.1) is 0 Å². The Labute approximate surface area is 83.8 Å². The van der Waals surface area contributed by atoms with Crippen molar-refractivity contribution in [3.8, 4) is 0 Å². The number of carbonyl (C=O) groups is 1. The number of rotatable bonds is 3. The summed E-state index contributed by atoms with van der Waals surface area (Å²) in [5.74, 6) is 0.338. The van der Waals surface area contributed by atoms with Crippen LogP contribution in [0.1, 0.15) is 20.8 Å². The van der Waals surface area contributed by atoms with E-state index in [1.807, 2.05) is 20.8 Å². The van der Waals surface area contributed by atoms with Crippen LogP contribution in [-0.4, -0.2) is 15.9 Å². The van der Waals surface area contributed by atoms with Crippen molar-refractivity contribution < 1.29 is 4.79 Å². The molecule has 4 nitrogen and oxygen atoms in total. The van der Waals surface area contributed by atoms with Gasteiger partial charge in [0.25, 0.3) is 0 Å². The zero-order valence-corrected chi connectivity index (χ0v) is 8.69. The minimum Gasteiger partial charge on any atom is -0.323 e. The Morgan fingerprint density at radius 1 is 1.29 bits per heavy atom. The van der Waals surface area contributed by atoms with Crippen molar-refractivity contribution in [3.05, 3.63) is 18.7 Å². The highest BCUT2D eigenvalue weighted by molar-refractivity contribution is 5.92. The predicted molar refractivity (Wildman–Crippen MR) is 54.7 cm³/mol. The van der Waals surface area contributed by atoms with E-state index in [0.29, 0.717) is 11.6 Å². The van der Waals surface area contributed by atoms with Crippen LogP contribution in [0.2, 0.25) is 0 Å². The fraction of sp³-hybridized carbons (Fsp3) is 0.500. The molecule has 1 N–H and O–H groups in total. The Kier molecular flexibility index (Phi) is 3.56. The number of nitrogens with zero attached hydrogens (tertiary/aromatic N) is 2. The van der Waals surface area contributed by atoms with Crippen LogP contribution in [0.5, 0.6) is 0 Å². The number of carbonyl (C=O) groups excluding carboxylic acids is 1. The predicted octanol–water partition coefficient (Wildman–Crippen LogP) is 1.71. The molecule has 1 aromatic heterocycles. The average molecular weight is 193 g/mol. The first-order valence-electron chi connectivity index (χ1n) is 4.67. The number of aromatic nitrogens is 2. The van der Waals surface area contributed by atoms with Crippen LogP contribution in [0, 0.1) is 11.8 Å². The van der Waals surface area contributed by atoms with E-state index in [1.165, 1.54) is 6.33 Å². The van der Waals surface area contributed by atoms with Gasteiger partial charge in [-0.3, -0.25) is 4.79 Å². The fourth-order valence-electron chi connectivity index (χ4n) is 0.922. The smallest absolute Gasteiger partial charge is 0.227 e. The second-order valence-corrected chi connectivity index (χ2v) is 3.65. The molecule has 0 fully saturated rings. The maximum absolute atomic E-state index is 11.6. The molecule has 0 aliphatic rings. The van der Waals surface area contributed by atoms with Gasteiger partial charge in [0.2, 0.25) is 5.91 Å². The SMILES string of the molecule is CC(C)C(C)C(=O)Nc1cncnc1. The summed E-state index contributed by atoms with van der Waals surface area (Å²) in [6.45, 7) is 5.95. The van der Waals surface area contributed by atoms with Gasteiger partial charge in [-0.2, -0.15) is 0 Å². The van der Waals surface area contributed by atoms with Crippen molar-refractivity contribution in [2.75, 3.05) is 5.32 Å². The minimum atomic E-state index is -0.00444. The fourth-order valence-corrected chi connectivity index (χ4v) is 0.922. The summed E-state index contributed by atoms with van der Waals surface area (Å²) in [4.78, 5) is 19.2. The van der Waals surface area contributed by atoms with Crippen molar-refractivity contribution in [1.82, 2.24) is 9.97 Å². The topological polar surface area (TPSA) is 54.9 Å². The van der Waals surface area contributed by atoms with E-state index in [0.717, 1.165) is 0 Å². The second kappa shape index (κ2) is 4.69. The van der Waals surface area contributed by atoms with Gasteiger partial charge in [-0.1, -0.05) is 20.8 Å². The lowest BCUT2D eigenvalue weighted by molar-refractivity contribution is -0.120. The summed E-state index contributed by atoms with van der Waals surface area (Å²) >= 11 is 0. The van der Waals surface area contributed by atoms with E-state index >= 15 is 0 Å². The molecule has 0 saturated carbocycles. The van der Waals surface area contributed by atoms with E-state index in [2.05, 4.69) is 15.3 Å². The summed E-state index contributed by atoms with van der Waals surface area (Å²) < 4.78 is 0. The number of hydrogen-bond acceptors (Lipinski definition) is 3. The lowest BCUT2D eigenvalue weighted by Crippen LogP contribution is -2.24. The molecule has 1 heterocycles. The Morgan fingerprint density at radius 3 is 2.36 bits per heavy atom.